The molecule has 1 aliphatic rings. The highest BCUT2D eigenvalue weighted by molar-refractivity contribution is 5.32. The number of aliphatic hydroxyl groups excluding tert-OH is 1. The van der Waals surface area contributed by atoms with Gasteiger partial charge in [0.15, 0.2) is 5.82 Å². The lowest BCUT2D eigenvalue weighted by Gasteiger charge is -2.34. The molecule has 0 saturated carbocycles. The maximum atomic E-state index is 9.47. The quantitative estimate of drug-likeness (QED) is 0.851. The van der Waals surface area contributed by atoms with E-state index >= 15 is 0 Å². The first-order valence-corrected chi connectivity index (χ1v) is 8.56. The van der Waals surface area contributed by atoms with Crippen molar-refractivity contribution in [1.82, 2.24) is 15.0 Å². The molecule has 3 rings (SSSR count). The van der Waals surface area contributed by atoms with Crippen molar-refractivity contribution in [2.24, 2.45) is 0 Å². The average Bonchev–Trinajstić information content (AvgIpc) is 3.01. The molecule has 2 aromatic rings. The highest BCUT2D eigenvalue weighted by atomic mass is 16.5. The van der Waals surface area contributed by atoms with E-state index in [1.807, 2.05) is 0 Å². The molecule has 23 heavy (non-hydrogen) atoms. The van der Waals surface area contributed by atoms with Crippen LogP contribution in [-0.4, -0.2) is 33.3 Å². The zero-order valence-electron chi connectivity index (χ0n) is 13.7. The summed E-state index contributed by atoms with van der Waals surface area (Å²) in [4.78, 5) is 6.74. The fourth-order valence-electron chi connectivity index (χ4n) is 3.43. The van der Waals surface area contributed by atoms with Gasteiger partial charge in [-0.2, -0.15) is 4.98 Å². The van der Waals surface area contributed by atoms with E-state index in [0.29, 0.717) is 25.0 Å². The van der Waals surface area contributed by atoms with E-state index in [9.17, 15) is 5.11 Å². The second kappa shape index (κ2) is 7.70. The maximum absolute atomic E-state index is 9.47. The van der Waals surface area contributed by atoms with E-state index in [1.54, 1.807) is 0 Å². The number of fused-ring (bicyclic) bond motifs is 1. The van der Waals surface area contributed by atoms with E-state index < -0.39 is 0 Å². The van der Waals surface area contributed by atoms with Crippen LogP contribution in [0.15, 0.2) is 28.8 Å². The van der Waals surface area contributed by atoms with Gasteiger partial charge in [-0.3, -0.25) is 4.90 Å². The summed E-state index contributed by atoms with van der Waals surface area (Å²) >= 11 is 0. The van der Waals surface area contributed by atoms with Gasteiger partial charge in [0.2, 0.25) is 5.89 Å². The summed E-state index contributed by atoms with van der Waals surface area (Å²) in [5.74, 6) is 1.42. The van der Waals surface area contributed by atoms with E-state index in [-0.39, 0.29) is 6.61 Å². The molecule has 0 fully saturated rings. The topological polar surface area (TPSA) is 62.4 Å². The van der Waals surface area contributed by atoms with Crippen molar-refractivity contribution in [2.75, 3.05) is 13.2 Å². The second-order valence-corrected chi connectivity index (χ2v) is 6.16. The minimum Gasteiger partial charge on any atom is -0.395 e. The maximum Gasteiger partial charge on any atom is 0.240 e. The summed E-state index contributed by atoms with van der Waals surface area (Å²) in [6, 6.07) is 8.94. The number of rotatable bonds is 7. The van der Waals surface area contributed by atoms with Crippen molar-refractivity contribution in [3.05, 3.63) is 47.1 Å². The zero-order chi connectivity index (χ0) is 16.1. The van der Waals surface area contributed by atoms with Crippen LogP contribution in [0.1, 0.15) is 55.1 Å². The largest absolute Gasteiger partial charge is 0.395 e. The van der Waals surface area contributed by atoms with Crippen LogP contribution in [0.3, 0.4) is 0 Å². The fourth-order valence-corrected chi connectivity index (χ4v) is 3.43. The van der Waals surface area contributed by atoms with Gasteiger partial charge in [0, 0.05) is 19.0 Å². The molecule has 5 heteroatoms. The van der Waals surface area contributed by atoms with E-state index in [1.165, 1.54) is 17.5 Å². The Labute approximate surface area is 137 Å². The summed E-state index contributed by atoms with van der Waals surface area (Å²) < 4.78 is 5.39. The number of aromatic nitrogens is 2. The van der Waals surface area contributed by atoms with Crippen molar-refractivity contribution in [3.63, 3.8) is 0 Å². The van der Waals surface area contributed by atoms with Gasteiger partial charge in [-0.25, -0.2) is 0 Å². The molecule has 1 atom stereocenters. The number of hydrogen-bond donors (Lipinski definition) is 1. The molecule has 0 amide bonds. The third-order valence-electron chi connectivity index (χ3n) is 4.49. The van der Waals surface area contributed by atoms with Crippen LogP contribution < -0.4 is 0 Å². The van der Waals surface area contributed by atoms with Gasteiger partial charge in [-0.15, -0.1) is 0 Å². The van der Waals surface area contributed by atoms with Crippen molar-refractivity contribution < 1.29 is 9.63 Å². The van der Waals surface area contributed by atoms with E-state index in [2.05, 4.69) is 46.2 Å². The monoisotopic (exact) mass is 315 g/mol. The van der Waals surface area contributed by atoms with Crippen LogP contribution in [0.25, 0.3) is 0 Å². The summed E-state index contributed by atoms with van der Waals surface area (Å²) in [5, 5.41) is 13.5. The molecule has 1 aliphatic carbocycles. The Morgan fingerprint density at radius 3 is 3.04 bits per heavy atom. The molecule has 1 heterocycles. The van der Waals surface area contributed by atoms with Crippen LogP contribution in [0.5, 0.6) is 0 Å². The van der Waals surface area contributed by atoms with Gasteiger partial charge in [0.1, 0.15) is 0 Å². The Bertz CT molecular complexity index is 626. The molecule has 0 bridgehead atoms. The predicted molar refractivity (Wildman–Crippen MR) is 87.9 cm³/mol. The fraction of sp³-hybridized carbons (Fsp3) is 0.556. The van der Waals surface area contributed by atoms with Crippen LogP contribution in [0.2, 0.25) is 0 Å². The zero-order valence-corrected chi connectivity index (χ0v) is 13.7. The average molecular weight is 315 g/mol. The second-order valence-electron chi connectivity index (χ2n) is 6.16. The van der Waals surface area contributed by atoms with Crippen LogP contribution in [0.4, 0.5) is 0 Å². The molecule has 1 N–H and O–H groups in total. The Kier molecular flexibility index (Phi) is 5.41. The number of hydrogen-bond acceptors (Lipinski definition) is 5. The number of benzene rings is 1. The van der Waals surface area contributed by atoms with Crippen molar-refractivity contribution in [3.8, 4) is 0 Å². The smallest absolute Gasteiger partial charge is 0.240 e. The molecular formula is C18H25N3O2. The SMILES string of the molecule is CCCc1noc(CN(CCO)C2CCCc3ccccc32)n1. The lowest BCUT2D eigenvalue weighted by atomic mass is 9.87. The first kappa shape index (κ1) is 16.1. The summed E-state index contributed by atoms with van der Waals surface area (Å²) in [5.41, 5.74) is 2.80. The first-order chi connectivity index (χ1) is 11.3. The molecular weight excluding hydrogens is 290 g/mol. The summed E-state index contributed by atoms with van der Waals surface area (Å²) in [7, 11) is 0. The van der Waals surface area contributed by atoms with Crippen molar-refractivity contribution in [2.45, 2.75) is 51.6 Å². The minimum absolute atomic E-state index is 0.134. The van der Waals surface area contributed by atoms with Crippen molar-refractivity contribution >= 4 is 0 Å². The normalized spacial score (nSPS) is 17.4. The van der Waals surface area contributed by atoms with E-state index in [0.717, 1.165) is 31.5 Å². The Hall–Kier alpha value is -1.72. The Morgan fingerprint density at radius 2 is 2.22 bits per heavy atom. The third kappa shape index (κ3) is 3.79. The molecule has 0 spiro atoms. The van der Waals surface area contributed by atoms with Gasteiger partial charge >= 0.3 is 0 Å². The molecule has 0 radical (unpaired) electrons. The molecule has 1 aromatic carbocycles. The molecule has 1 aromatic heterocycles. The van der Waals surface area contributed by atoms with Gasteiger partial charge < -0.3 is 9.63 Å². The summed E-state index contributed by atoms with van der Waals surface area (Å²) in [6.07, 6.45) is 5.27. The molecule has 0 saturated heterocycles. The number of nitrogens with zero attached hydrogens (tertiary/aromatic N) is 3. The Balaban J connectivity index is 1.78. The standard InChI is InChI=1S/C18H25N3O2/c1-2-6-17-19-18(23-20-17)13-21(11-12-22)16-10-5-8-14-7-3-4-9-15(14)16/h3-4,7,9,16,22H,2,5-6,8,10-13H2,1H3. The van der Waals surface area contributed by atoms with Crippen LogP contribution >= 0.6 is 0 Å². The highest BCUT2D eigenvalue weighted by Gasteiger charge is 2.26. The predicted octanol–water partition coefficient (Wildman–Crippen LogP) is 2.89. The van der Waals surface area contributed by atoms with Gasteiger partial charge in [-0.05, 0) is 36.8 Å². The third-order valence-corrected chi connectivity index (χ3v) is 4.49. The lowest BCUT2D eigenvalue weighted by Crippen LogP contribution is -2.33. The van der Waals surface area contributed by atoms with Crippen LogP contribution in [-0.2, 0) is 19.4 Å². The summed E-state index contributed by atoms with van der Waals surface area (Å²) in [6.45, 7) is 3.45. The molecule has 0 aliphatic heterocycles. The molecule has 124 valence electrons. The van der Waals surface area contributed by atoms with E-state index in [4.69, 9.17) is 4.52 Å². The van der Waals surface area contributed by atoms with Gasteiger partial charge in [0.25, 0.3) is 0 Å². The minimum atomic E-state index is 0.134. The van der Waals surface area contributed by atoms with Crippen molar-refractivity contribution in [1.29, 1.82) is 0 Å². The van der Waals surface area contributed by atoms with Gasteiger partial charge in [-0.1, -0.05) is 36.3 Å². The molecule has 5 nitrogen and oxygen atoms in total. The van der Waals surface area contributed by atoms with Gasteiger partial charge in [0.05, 0.1) is 13.2 Å². The number of aliphatic hydroxyl groups is 1. The highest BCUT2D eigenvalue weighted by Crippen LogP contribution is 2.34. The Morgan fingerprint density at radius 1 is 1.35 bits per heavy atom. The number of aryl methyl sites for hydroxylation is 2. The van der Waals surface area contributed by atoms with Crippen LogP contribution in [0, 0.1) is 0 Å². The molecule has 1 unspecified atom stereocenters. The first-order valence-electron chi connectivity index (χ1n) is 8.56. The lowest BCUT2D eigenvalue weighted by molar-refractivity contribution is 0.118.